The van der Waals surface area contributed by atoms with Gasteiger partial charge in [0.2, 0.25) is 0 Å². The fourth-order valence-electron chi connectivity index (χ4n) is 2.25. The van der Waals surface area contributed by atoms with Crippen LogP contribution in [0.15, 0.2) is 41.3 Å². The summed E-state index contributed by atoms with van der Waals surface area (Å²) in [6.07, 6.45) is 1.13. The Hall–Kier alpha value is -1.63. The molecule has 0 spiro atoms. The van der Waals surface area contributed by atoms with Crippen LogP contribution in [-0.2, 0) is 19.4 Å². The van der Waals surface area contributed by atoms with Crippen molar-refractivity contribution >= 4 is 49.9 Å². The molecule has 0 radical (unpaired) electrons. The number of carbonyl (C=O) groups is 1. The van der Waals surface area contributed by atoms with E-state index in [-0.39, 0.29) is 11.5 Å². The van der Waals surface area contributed by atoms with E-state index < -0.39 is 15.8 Å². The summed E-state index contributed by atoms with van der Waals surface area (Å²) in [6.45, 7) is 0.161. The van der Waals surface area contributed by atoms with E-state index in [0.717, 1.165) is 16.7 Å². The van der Waals surface area contributed by atoms with Gasteiger partial charge in [0.15, 0.2) is 9.84 Å². The molecule has 22 heavy (non-hydrogen) atoms. The highest BCUT2D eigenvalue weighted by Gasteiger charge is 2.28. The number of thiophene rings is 1. The number of esters is 1. The Kier molecular flexibility index (Phi) is 3.84. The third-order valence-electron chi connectivity index (χ3n) is 3.27. The van der Waals surface area contributed by atoms with E-state index in [1.54, 1.807) is 18.2 Å². The summed E-state index contributed by atoms with van der Waals surface area (Å²) >= 11 is 7.30. The SMILES string of the molecule is CS(=O)(=O)c1cccc(C2=C(c3ccc(Cl)s3)COC2=O)c1. The predicted octanol–water partition coefficient (Wildman–Crippen LogP) is 3.27. The van der Waals surface area contributed by atoms with Gasteiger partial charge in [-0.25, -0.2) is 13.2 Å². The number of ether oxygens (including phenoxy) is 1. The molecule has 0 fully saturated rings. The highest BCUT2D eigenvalue weighted by molar-refractivity contribution is 7.90. The standard InChI is InChI=1S/C15H11ClO4S2/c1-22(18,19)10-4-2-3-9(7-10)14-11(8-20-15(14)17)12-5-6-13(16)21-12/h2-7H,8H2,1H3. The summed E-state index contributed by atoms with van der Waals surface area (Å²) in [5.41, 5.74) is 1.65. The topological polar surface area (TPSA) is 60.4 Å². The molecule has 1 aromatic carbocycles. The summed E-state index contributed by atoms with van der Waals surface area (Å²) in [6, 6.07) is 9.88. The molecular weight excluding hydrogens is 344 g/mol. The van der Waals surface area contributed by atoms with E-state index in [2.05, 4.69) is 0 Å². The van der Waals surface area contributed by atoms with Crippen molar-refractivity contribution in [3.05, 3.63) is 51.2 Å². The molecule has 0 saturated carbocycles. The molecule has 2 aromatic rings. The van der Waals surface area contributed by atoms with Gasteiger partial charge in [0.05, 0.1) is 14.8 Å². The third-order valence-corrected chi connectivity index (χ3v) is 5.68. The Morgan fingerprint density at radius 2 is 2.00 bits per heavy atom. The molecule has 1 aliphatic rings. The maximum atomic E-state index is 12.1. The van der Waals surface area contributed by atoms with Crippen molar-refractivity contribution in [3.63, 3.8) is 0 Å². The van der Waals surface area contributed by atoms with E-state index >= 15 is 0 Å². The average Bonchev–Trinajstić information content (AvgIpc) is 3.04. The zero-order valence-electron chi connectivity index (χ0n) is 11.5. The van der Waals surface area contributed by atoms with Crippen LogP contribution in [0, 0.1) is 0 Å². The minimum absolute atomic E-state index is 0.161. The van der Waals surface area contributed by atoms with E-state index in [4.69, 9.17) is 16.3 Å². The molecule has 114 valence electrons. The monoisotopic (exact) mass is 354 g/mol. The Morgan fingerprint density at radius 1 is 1.23 bits per heavy atom. The van der Waals surface area contributed by atoms with E-state index in [9.17, 15) is 13.2 Å². The number of halogens is 1. The lowest BCUT2D eigenvalue weighted by atomic mass is 10.0. The molecule has 1 aromatic heterocycles. The first-order valence-electron chi connectivity index (χ1n) is 6.33. The quantitative estimate of drug-likeness (QED) is 0.794. The molecule has 1 aliphatic heterocycles. The summed E-state index contributed by atoms with van der Waals surface area (Å²) in [5.74, 6) is -0.454. The first-order chi connectivity index (χ1) is 10.4. The Bertz CT molecular complexity index is 894. The van der Waals surface area contributed by atoms with Crippen LogP contribution in [-0.4, -0.2) is 27.2 Å². The fourth-order valence-corrected chi connectivity index (χ4v) is 4.00. The van der Waals surface area contributed by atoms with Crippen molar-refractivity contribution in [2.75, 3.05) is 12.9 Å². The first-order valence-corrected chi connectivity index (χ1v) is 9.41. The number of sulfone groups is 1. The molecule has 4 nitrogen and oxygen atoms in total. The van der Waals surface area contributed by atoms with Crippen LogP contribution in [0.1, 0.15) is 10.4 Å². The van der Waals surface area contributed by atoms with Gasteiger partial charge < -0.3 is 4.74 Å². The number of carbonyl (C=O) groups excluding carboxylic acids is 1. The van der Waals surface area contributed by atoms with Crippen molar-refractivity contribution in [2.45, 2.75) is 4.90 Å². The van der Waals surface area contributed by atoms with Gasteiger partial charge in [0, 0.05) is 16.7 Å². The largest absolute Gasteiger partial charge is 0.457 e. The molecule has 0 amide bonds. The molecule has 7 heteroatoms. The van der Waals surface area contributed by atoms with E-state index in [1.807, 2.05) is 6.07 Å². The average molecular weight is 355 g/mol. The van der Waals surface area contributed by atoms with Gasteiger partial charge in [-0.1, -0.05) is 23.7 Å². The van der Waals surface area contributed by atoms with E-state index in [1.165, 1.54) is 23.5 Å². The van der Waals surface area contributed by atoms with Gasteiger partial charge in [-0.05, 0) is 29.8 Å². The van der Waals surface area contributed by atoms with Gasteiger partial charge in [0.25, 0.3) is 0 Å². The van der Waals surface area contributed by atoms with Gasteiger partial charge in [-0.15, -0.1) is 11.3 Å². The zero-order valence-corrected chi connectivity index (χ0v) is 13.9. The Balaban J connectivity index is 2.17. The van der Waals surface area contributed by atoms with Crippen molar-refractivity contribution in [3.8, 4) is 0 Å². The van der Waals surface area contributed by atoms with Crippen molar-refractivity contribution in [1.82, 2.24) is 0 Å². The minimum atomic E-state index is -3.34. The first kappa shape index (κ1) is 15.3. The van der Waals surface area contributed by atoms with Crippen LogP contribution in [0.25, 0.3) is 11.1 Å². The zero-order chi connectivity index (χ0) is 15.9. The van der Waals surface area contributed by atoms with Crippen LogP contribution in [0.5, 0.6) is 0 Å². The highest BCUT2D eigenvalue weighted by Crippen LogP contribution is 2.37. The van der Waals surface area contributed by atoms with Crippen LogP contribution >= 0.6 is 22.9 Å². The number of hydrogen-bond acceptors (Lipinski definition) is 5. The van der Waals surface area contributed by atoms with Crippen LogP contribution in [0.2, 0.25) is 4.34 Å². The molecule has 0 aliphatic carbocycles. The molecular formula is C15H11ClO4S2. The van der Waals surface area contributed by atoms with Crippen molar-refractivity contribution in [1.29, 1.82) is 0 Å². The molecule has 0 bridgehead atoms. The van der Waals surface area contributed by atoms with E-state index in [0.29, 0.717) is 15.5 Å². The van der Waals surface area contributed by atoms with Crippen molar-refractivity contribution in [2.24, 2.45) is 0 Å². The number of benzene rings is 1. The number of hydrogen-bond donors (Lipinski definition) is 0. The number of rotatable bonds is 3. The van der Waals surface area contributed by atoms with Crippen molar-refractivity contribution < 1.29 is 17.9 Å². The second kappa shape index (κ2) is 5.53. The maximum Gasteiger partial charge on any atom is 0.339 e. The Morgan fingerprint density at radius 3 is 2.64 bits per heavy atom. The molecule has 0 unspecified atom stereocenters. The molecule has 0 N–H and O–H groups in total. The molecule has 3 rings (SSSR count). The number of cyclic esters (lactones) is 1. The molecule has 0 saturated heterocycles. The van der Waals surface area contributed by atoms with Crippen LogP contribution in [0.3, 0.4) is 0 Å². The lowest BCUT2D eigenvalue weighted by molar-refractivity contribution is -0.133. The lowest BCUT2D eigenvalue weighted by Crippen LogP contribution is -2.01. The van der Waals surface area contributed by atoms with Gasteiger partial charge in [-0.2, -0.15) is 0 Å². The smallest absolute Gasteiger partial charge is 0.339 e. The summed E-state index contributed by atoms with van der Waals surface area (Å²) in [7, 11) is -3.34. The maximum absolute atomic E-state index is 12.1. The lowest BCUT2D eigenvalue weighted by Gasteiger charge is -2.05. The Labute approximate surface area is 136 Å². The predicted molar refractivity (Wildman–Crippen MR) is 86.7 cm³/mol. The normalized spacial score (nSPS) is 15.3. The summed E-state index contributed by atoms with van der Waals surface area (Å²) in [4.78, 5) is 13.1. The summed E-state index contributed by atoms with van der Waals surface area (Å²) in [5, 5.41) is 0. The van der Waals surface area contributed by atoms with Crippen LogP contribution in [0.4, 0.5) is 0 Å². The van der Waals surface area contributed by atoms with Gasteiger partial charge >= 0.3 is 5.97 Å². The van der Waals surface area contributed by atoms with Crippen LogP contribution < -0.4 is 0 Å². The second-order valence-corrected chi connectivity index (χ2v) is 8.56. The highest BCUT2D eigenvalue weighted by atomic mass is 35.5. The second-order valence-electron chi connectivity index (χ2n) is 4.83. The summed E-state index contributed by atoms with van der Waals surface area (Å²) < 4.78 is 29.1. The van der Waals surface area contributed by atoms with Gasteiger partial charge in [-0.3, -0.25) is 0 Å². The minimum Gasteiger partial charge on any atom is -0.457 e. The van der Waals surface area contributed by atoms with Gasteiger partial charge in [0.1, 0.15) is 6.61 Å². The molecule has 0 atom stereocenters. The molecule has 2 heterocycles. The fraction of sp³-hybridized carbons (Fsp3) is 0.133. The third kappa shape index (κ3) is 2.82.